The number of esters is 1. The lowest BCUT2D eigenvalue weighted by Gasteiger charge is -2.32. The Labute approximate surface area is 217 Å². The van der Waals surface area contributed by atoms with Crippen LogP contribution < -0.4 is 10.9 Å². The minimum atomic E-state index is -1.91. The molecule has 0 bridgehead atoms. The number of benzene rings is 1. The molecule has 1 fully saturated rings. The van der Waals surface area contributed by atoms with Crippen LogP contribution in [0.5, 0.6) is 0 Å². The molecule has 3 aromatic rings. The molecular formula is C28H28FN3O6. The molecule has 2 aromatic heterocycles. The van der Waals surface area contributed by atoms with Gasteiger partial charge in [-0.05, 0) is 49.4 Å². The van der Waals surface area contributed by atoms with E-state index in [2.05, 4.69) is 5.32 Å². The predicted octanol–water partition coefficient (Wildman–Crippen LogP) is 2.30. The SMILES string of the molecule is Cc1cc2c(CNC(=O)C[C@@H](C)O)c3c(nc2cc1F)-c1cc2c(c(=O)n1C3)COC(=O)[C@]2(O)CC1CC1. The first-order valence-corrected chi connectivity index (χ1v) is 12.8. The highest BCUT2D eigenvalue weighted by molar-refractivity contribution is 5.90. The average molecular weight is 522 g/mol. The number of carbonyl (C=O) groups is 2. The molecule has 0 unspecified atom stereocenters. The van der Waals surface area contributed by atoms with Crippen LogP contribution >= 0.6 is 0 Å². The highest BCUT2D eigenvalue weighted by Gasteiger charge is 2.49. The monoisotopic (exact) mass is 521 g/mol. The maximum absolute atomic E-state index is 14.6. The van der Waals surface area contributed by atoms with E-state index in [0.29, 0.717) is 39.0 Å². The Kier molecular flexibility index (Phi) is 5.66. The molecular weight excluding hydrogens is 493 g/mol. The van der Waals surface area contributed by atoms with Crippen molar-refractivity contribution in [3.05, 3.63) is 62.2 Å². The summed E-state index contributed by atoms with van der Waals surface area (Å²) in [6.07, 6.45) is 1.12. The Bertz CT molecular complexity index is 1590. The Morgan fingerprint density at radius 2 is 2.05 bits per heavy atom. The Morgan fingerprint density at radius 3 is 2.76 bits per heavy atom. The second-order valence-corrected chi connectivity index (χ2v) is 10.8. The number of nitrogens with one attached hydrogen (secondary N) is 1. The average Bonchev–Trinajstić information content (AvgIpc) is 3.59. The van der Waals surface area contributed by atoms with Gasteiger partial charge in [-0.1, -0.05) is 12.8 Å². The first-order valence-electron chi connectivity index (χ1n) is 12.8. The number of hydrogen-bond acceptors (Lipinski definition) is 7. The second kappa shape index (κ2) is 8.71. The van der Waals surface area contributed by atoms with Crippen molar-refractivity contribution in [3.63, 3.8) is 0 Å². The zero-order valence-electron chi connectivity index (χ0n) is 21.1. The quantitative estimate of drug-likeness (QED) is 0.332. The summed E-state index contributed by atoms with van der Waals surface area (Å²) in [5.41, 5.74) is 1.21. The number of aryl methyl sites for hydroxylation is 1. The predicted molar refractivity (Wildman–Crippen MR) is 134 cm³/mol. The zero-order valence-corrected chi connectivity index (χ0v) is 21.1. The molecule has 10 heteroatoms. The molecule has 3 N–H and O–H groups in total. The third-order valence-electron chi connectivity index (χ3n) is 7.80. The van der Waals surface area contributed by atoms with Gasteiger partial charge in [0.05, 0.1) is 41.5 Å². The molecule has 2 atom stereocenters. The van der Waals surface area contributed by atoms with Crippen LogP contribution in [-0.4, -0.2) is 37.7 Å². The molecule has 1 amide bonds. The van der Waals surface area contributed by atoms with Crippen molar-refractivity contribution < 1.29 is 28.9 Å². The second-order valence-electron chi connectivity index (χ2n) is 10.8. The Morgan fingerprint density at radius 1 is 1.29 bits per heavy atom. The van der Waals surface area contributed by atoms with Gasteiger partial charge >= 0.3 is 5.97 Å². The number of halogens is 1. The van der Waals surface area contributed by atoms with Crippen molar-refractivity contribution in [1.82, 2.24) is 14.9 Å². The van der Waals surface area contributed by atoms with Crippen LogP contribution in [0, 0.1) is 18.7 Å². The van der Waals surface area contributed by atoms with Crippen LogP contribution in [-0.2, 0) is 39.6 Å². The minimum Gasteiger partial charge on any atom is -0.458 e. The van der Waals surface area contributed by atoms with Gasteiger partial charge in [-0.25, -0.2) is 14.2 Å². The molecule has 0 radical (unpaired) electrons. The van der Waals surface area contributed by atoms with Gasteiger partial charge in [-0.3, -0.25) is 9.59 Å². The van der Waals surface area contributed by atoms with Crippen molar-refractivity contribution in [3.8, 4) is 11.4 Å². The lowest BCUT2D eigenvalue weighted by Crippen LogP contribution is -2.45. The third-order valence-corrected chi connectivity index (χ3v) is 7.80. The van der Waals surface area contributed by atoms with E-state index in [4.69, 9.17) is 9.72 Å². The number of amides is 1. The molecule has 198 valence electrons. The molecule has 0 spiro atoms. The van der Waals surface area contributed by atoms with Gasteiger partial charge in [0.1, 0.15) is 12.4 Å². The van der Waals surface area contributed by atoms with E-state index in [1.54, 1.807) is 19.1 Å². The van der Waals surface area contributed by atoms with E-state index in [9.17, 15) is 29.0 Å². The van der Waals surface area contributed by atoms with Crippen molar-refractivity contribution >= 4 is 22.8 Å². The number of aromatic nitrogens is 2. The van der Waals surface area contributed by atoms with Crippen molar-refractivity contribution in [2.75, 3.05) is 0 Å². The van der Waals surface area contributed by atoms with Gasteiger partial charge < -0.3 is 24.8 Å². The number of fused-ring (bicyclic) bond motifs is 5. The number of aliphatic hydroxyl groups is 2. The van der Waals surface area contributed by atoms with Gasteiger partial charge in [0.25, 0.3) is 5.56 Å². The largest absolute Gasteiger partial charge is 0.458 e. The molecule has 9 nitrogen and oxygen atoms in total. The summed E-state index contributed by atoms with van der Waals surface area (Å²) in [7, 11) is 0. The summed E-state index contributed by atoms with van der Waals surface area (Å²) in [5, 5.41) is 24.5. The fraction of sp³-hybridized carbons (Fsp3) is 0.429. The van der Waals surface area contributed by atoms with Gasteiger partial charge in [0.15, 0.2) is 5.60 Å². The molecule has 1 saturated carbocycles. The van der Waals surface area contributed by atoms with Gasteiger partial charge in [-0.2, -0.15) is 0 Å². The first-order chi connectivity index (χ1) is 18.1. The lowest BCUT2D eigenvalue weighted by molar-refractivity contribution is -0.173. The highest BCUT2D eigenvalue weighted by atomic mass is 19.1. The molecule has 1 aromatic carbocycles. The number of ether oxygens (including phenoxy) is 1. The zero-order chi connectivity index (χ0) is 26.9. The highest BCUT2D eigenvalue weighted by Crippen LogP contribution is 2.45. The summed E-state index contributed by atoms with van der Waals surface area (Å²) in [6, 6.07) is 4.64. The van der Waals surface area contributed by atoms with Crippen LogP contribution in [0.15, 0.2) is 23.0 Å². The number of carbonyl (C=O) groups excluding carboxylic acids is 2. The summed E-state index contributed by atoms with van der Waals surface area (Å²) in [6.45, 7) is 3.19. The smallest absolute Gasteiger partial charge is 0.343 e. The van der Waals surface area contributed by atoms with E-state index in [-0.39, 0.29) is 61.0 Å². The van der Waals surface area contributed by atoms with Gasteiger partial charge in [0, 0.05) is 29.1 Å². The number of aliphatic hydroxyl groups excluding tert-OH is 1. The van der Waals surface area contributed by atoms with Gasteiger partial charge in [0.2, 0.25) is 5.91 Å². The van der Waals surface area contributed by atoms with Gasteiger partial charge in [-0.15, -0.1) is 0 Å². The topological polar surface area (TPSA) is 131 Å². The normalized spacial score (nSPS) is 20.5. The summed E-state index contributed by atoms with van der Waals surface area (Å²) in [5.74, 6) is -1.35. The van der Waals surface area contributed by atoms with E-state index in [1.165, 1.54) is 17.6 Å². The van der Waals surface area contributed by atoms with Crippen molar-refractivity contribution in [2.45, 2.75) is 70.9 Å². The number of cyclic esters (lactones) is 1. The summed E-state index contributed by atoms with van der Waals surface area (Å²) in [4.78, 5) is 43.4. The number of rotatable bonds is 6. The molecule has 1 aliphatic carbocycles. The van der Waals surface area contributed by atoms with E-state index < -0.39 is 23.5 Å². The minimum absolute atomic E-state index is 0.0706. The summed E-state index contributed by atoms with van der Waals surface area (Å²) < 4.78 is 21.3. The maximum Gasteiger partial charge on any atom is 0.343 e. The molecule has 2 aliphatic heterocycles. The molecule has 38 heavy (non-hydrogen) atoms. The molecule has 4 heterocycles. The van der Waals surface area contributed by atoms with E-state index >= 15 is 0 Å². The fourth-order valence-electron chi connectivity index (χ4n) is 5.62. The van der Waals surface area contributed by atoms with Crippen LogP contribution in [0.1, 0.15) is 60.4 Å². The van der Waals surface area contributed by atoms with Crippen LogP contribution in [0.2, 0.25) is 0 Å². The van der Waals surface area contributed by atoms with E-state index in [0.717, 1.165) is 12.8 Å². The third kappa shape index (κ3) is 3.90. The maximum atomic E-state index is 14.6. The van der Waals surface area contributed by atoms with Crippen molar-refractivity contribution in [2.24, 2.45) is 5.92 Å². The number of hydrogen-bond donors (Lipinski definition) is 3. The van der Waals surface area contributed by atoms with Crippen molar-refractivity contribution in [1.29, 1.82) is 0 Å². The lowest BCUT2D eigenvalue weighted by atomic mass is 9.84. The van der Waals surface area contributed by atoms with E-state index in [1.807, 2.05) is 0 Å². The Hall–Kier alpha value is -3.63. The fourth-order valence-corrected chi connectivity index (χ4v) is 5.62. The van der Waals surface area contributed by atoms with Crippen LogP contribution in [0.25, 0.3) is 22.3 Å². The standard InChI is InChI=1S/C28H28FN3O6/c1-13-5-16-17(10-30-24(34)6-14(2)33)18-11-32-23(25(18)31-22(16)8-21(13)29)7-20-19(26(32)35)12-38-27(36)28(20,37)9-15-3-4-15/h5,7-8,14-15,33,37H,3-4,6,9-12H2,1-2H3,(H,30,34)/t14-,28+/m1/s1. The molecule has 6 rings (SSSR count). The number of pyridine rings is 2. The summed E-state index contributed by atoms with van der Waals surface area (Å²) >= 11 is 0. The first kappa shape index (κ1) is 24.7. The Balaban J connectivity index is 1.53. The number of nitrogens with zero attached hydrogens (tertiary/aromatic N) is 2. The molecule has 0 saturated heterocycles. The molecule has 3 aliphatic rings. The van der Waals surface area contributed by atoms with Crippen LogP contribution in [0.3, 0.4) is 0 Å². The van der Waals surface area contributed by atoms with Crippen LogP contribution in [0.4, 0.5) is 4.39 Å².